The minimum Gasteiger partial charge on any atom is -0.379 e. The van der Waals surface area contributed by atoms with E-state index in [1.54, 1.807) is 7.11 Å². The first-order valence-corrected chi connectivity index (χ1v) is 35.0. The van der Waals surface area contributed by atoms with Crippen molar-refractivity contribution in [1.82, 2.24) is 0 Å². The van der Waals surface area contributed by atoms with Gasteiger partial charge in [0.1, 0.15) is 5.67 Å². The van der Waals surface area contributed by atoms with Gasteiger partial charge in [-0.25, -0.2) is 4.39 Å². The molecule has 0 saturated carbocycles. The van der Waals surface area contributed by atoms with Crippen LogP contribution in [0.4, 0.5) is 4.39 Å². The van der Waals surface area contributed by atoms with Crippen molar-refractivity contribution in [3.05, 3.63) is 0 Å². The van der Waals surface area contributed by atoms with E-state index in [4.69, 9.17) is 21.1 Å². The highest BCUT2D eigenvalue weighted by Gasteiger charge is 2.27. The van der Waals surface area contributed by atoms with Crippen LogP contribution < -0.4 is 0 Å². The number of alkyl halides is 2. The summed E-state index contributed by atoms with van der Waals surface area (Å²) in [5.41, 5.74) is 3.15. The van der Waals surface area contributed by atoms with Crippen LogP contribution in [-0.4, -0.2) is 35.5 Å². The fraction of sp³-hybridized carbons (Fsp3) is 1.00. The summed E-state index contributed by atoms with van der Waals surface area (Å²) in [6, 6.07) is 0. The quantitative estimate of drug-likeness (QED) is 0.107. The molecule has 0 saturated heterocycles. The average molecular weight is 1210 g/mol. The topological polar surface area (TPSA) is 18.5 Å². The van der Waals surface area contributed by atoms with E-state index < -0.39 is 5.67 Å². The van der Waals surface area contributed by atoms with E-state index >= 15 is 0 Å². The van der Waals surface area contributed by atoms with Crippen LogP contribution in [0, 0.1) is 49.2 Å². The lowest BCUT2D eigenvalue weighted by molar-refractivity contribution is 0.00530. The van der Waals surface area contributed by atoms with Gasteiger partial charge in [-0.3, -0.25) is 0 Å². The molecule has 0 amide bonds. The summed E-state index contributed by atoms with van der Waals surface area (Å²) in [5, 5.41) is 0. The van der Waals surface area contributed by atoms with E-state index in [0.29, 0.717) is 43.3 Å². The van der Waals surface area contributed by atoms with Gasteiger partial charge in [-0.15, -0.1) is 11.6 Å². The monoisotopic (exact) mass is 1210 g/mol. The molecule has 0 spiro atoms. The van der Waals surface area contributed by atoms with Crippen LogP contribution in [0.2, 0.25) is 0 Å². The van der Waals surface area contributed by atoms with Crippen LogP contribution in [0.5, 0.6) is 0 Å². The zero-order valence-electron chi connectivity index (χ0n) is 68.0. The highest BCUT2D eigenvalue weighted by atomic mass is 35.5. The Labute approximate surface area is 540 Å². The van der Waals surface area contributed by atoms with E-state index in [2.05, 4.69) is 235 Å². The molecular formula is C79H178ClFO2. The standard InChI is InChI=1S/C19H40.2C8H18.2C7H16.C6H14O.C6H14.C5H12O.C5H12.C4H9Cl.C4H9F/c1-5-6-7-8-9-10-11-12-13-14-15-16-17-18-19(2,3)4;1-7(2,3)8(4,5)6;1-5-6-7-8(2,3)4;1-6(2)7(3,4)5;1-5-6-7(2,3)4;1-5-7-6(2,3)4;1-5-6(2,3)4;1-5(2,3)6-4;1-5(2,3)4;2*1-4(2,3)5/h5-18H2,1-4H3;1-6H3;5-7H2,1-4H3;6H,1-5H3;5-6H2,1-4H3;5H2,1-4H3;5H2,1-4H3;1-4H3;1-4H3;2*1-3H3. The number of unbranched alkanes of at least 4 members (excludes halogenated alkanes) is 13. The Morgan fingerprint density at radius 2 is 0.530 bits per heavy atom. The second-order valence-corrected chi connectivity index (χ2v) is 38.6. The van der Waals surface area contributed by atoms with Gasteiger partial charge in [-0.1, -0.05) is 324 Å². The predicted octanol–water partition coefficient (Wildman–Crippen LogP) is 30.9. The summed E-state index contributed by atoms with van der Waals surface area (Å²) in [5.74, 6) is 0.799. The van der Waals surface area contributed by atoms with Gasteiger partial charge in [0.2, 0.25) is 0 Å². The minimum atomic E-state index is -1.00. The van der Waals surface area contributed by atoms with Crippen LogP contribution >= 0.6 is 11.6 Å². The Morgan fingerprint density at radius 1 is 0.337 bits per heavy atom. The summed E-state index contributed by atoms with van der Waals surface area (Å²) in [7, 11) is 1.71. The van der Waals surface area contributed by atoms with Gasteiger partial charge in [0.15, 0.2) is 0 Å². The van der Waals surface area contributed by atoms with Crippen molar-refractivity contribution in [2.24, 2.45) is 49.2 Å². The van der Waals surface area contributed by atoms with E-state index in [1.165, 1.54) is 149 Å². The first-order valence-electron chi connectivity index (χ1n) is 34.6. The van der Waals surface area contributed by atoms with E-state index in [9.17, 15) is 4.39 Å². The normalized spacial score (nSPS) is 12.3. The molecule has 0 bridgehead atoms. The van der Waals surface area contributed by atoms with Gasteiger partial charge in [0.25, 0.3) is 0 Å². The molecule has 0 aliphatic rings. The molecule has 0 unspecified atom stereocenters. The number of ether oxygens (including phenoxy) is 2. The first kappa shape index (κ1) is 108. The number of hydrogen-bond acceptors (Lipinski definition) is 2. The van der Waals surface area contributed by atoms with Crippen molar-refractivity contribution in [2.45, 2.75) is 455 Å². The Hall–Kier alpha value is 0.140. The zero-order valence-corrected chi connectivity index (χ0v) is 68.8. The average Bonchev–Trinajstić information content (AvgIpc) is 3.18. The Kier molecular flexibility index (Phi) is 72.9. The Balaban J connectivity index is -0.0000000791. The molecule has 0 aromatic rings. The molecule has 520 valence electrons. The molecular weight excluding hydrogens is 1040 g/mol. The van der Waals surface area contributed by atoms with Crippen molar-refractivity contribution in [3.8, 4) is 0 Å². The molecule has 0 aromatic carbocycles. The van der Waals surface area contributed by atoms with Gasteiger partial charge in [0.05, 0.1) is 11.2 Å². The van der Waals surface area contributed by atoms with E-state index in [1.807, 2.05) is 48.5 Å². The molecule has 4 heteroatoms. The third-order valence-corrected chi connectivity index (χ3v) is 12.5. The zero-order chi connectivity index (χ0) is 69.8. The van der Waals surface area contributed by atoms with Gasteiger partial charge >= 0.3 is 0 Å². The Morgan fingerprint density at radius 3 is 0.614 bits per heavy atom. The Bertz CT molecular complexity index is 1120. The van der Waals surface area contributed by atoms with E-state index in [-0.39, 0.29) is 16.1 Å². The highest BCUT2D eigenvalue weighted by molar-refractivity contribution is 6.23. The van der Waals surface area contributed by atoms with Gasteiger partial charge in [-0.2, -0.15) is 0 Å². The maximum Gasteiger partial charge on any atom is 0.102 e. The molecule has 0 rings (SSSR count). The van der Waals surface area contributed by atoms with Gasteiger partial charge in [-0.05, 0) is 159 Å². The summed E-state index contributed by atoms with van der Waals surface area (Å²) in [6.45, 7) is 95.6. The number of hydrogen-bond donors (Lipinski definition) is 0. The molecule has 0 aromatic heterocycles. The molecule has 0 aliphatic heterocycles. The molecule has 0 radical (unpaired) electrons. The summed E-state index contributed by atoms with van der Waals surface area (Å²) >= 11 is 5.53. The lowest BCUT2D eigenvalue weighted by Crippen LogP contribution is -2.25. The third kappa shape index (κ3) is 210. The van der Waals surface area contributed by atoms with Gasteiger partial charge < -0.3 is 9.47 Å². The maximum absolute atomic E-state index is 11.7. The number of methoxy groups -OCH3 is 1. The lowest BCUT2D eigenvalue weighted by atomic mass is 9.71. The van der Waals surface area contributed by atoms with Crippen LogP contribution in [-0.2, 0) is 9.47 Å². The first-order chi connectivity index (χ1) is 36.1. The summed E-state index contributed by atoms with van der Waals surface area (Å²) in [6.07, 6.45) is 28.3. The maximum atomic E-state index is 11.7. The molecule has 83 heavy (non-hydrogen) atoms. The molecule has 0 atom stereocenters. The molecule has 0 heterocycles. The van der Waals surface area contributed by atoms with Crippen molar-refractivity contribution in [1.29, 1.82) is 0 Å². The van der Waals surface area contributed by atoms with Crippen LogP contribution in [0.25, 0.3) is 0 Å². The van der Waals surface area contributed by atoms with E-state index in [0.717, 1.165) is 12.5 Å². The van der Waals surface area contributed by atoms with Gasteiger partial charge in [0, 0.05) is 18.6 Å². The third-order valence-electron chi connectivity index (χ3n) is 12.5. The second-order valence-electron chi connectivity index (χ2n) is 37.5. The van der Waals surface area contributed by atoms with Crippen molar-refractivity contribution >= 4 is 11.6 Å². The number of rotatable bonds is 17. The van der Waals surface area contributed by atoms with Crippen molar-refractivity contribution in [2.75, 3.05) is 13.7 Å². The van der Waals surface area contributed by atoms with Crippen LogP contribution in [0.1, 0.15) is 433 Å². The summed E-state index contributed by atoms with van der Waals surface area (Å²) in [4.78, 5) is -0.0278. The molecule has 0 fully saturated rings. The smallest absolute Gasteiger partial charge is 0.102 e. The fourth-order valence-electron chi connectivity index (χ4n) is 4.56. The largest absolute Gasteiger partial charge is 0.379 e. The van der Waals surface area contributed by atoms with Crippen LogP contribution in [0.15, 0.2) is 0 Å². The predicted molar refractivity (Wildman–Crippen MR) is 396 cm³/mol. The summed E-state index contributed by atoms with van der Waals surface area (Å²) < 4.78 is 21.9. The van der Waals surface area contributed by atoms with Crippen LogP contribution in [0.3, 0.4) is 0 Å². The lowest BCUT2D eigenvalue weighted by Gasteiger charge is -2.34. The number of halogens is 2. The molecule has 0 N–H and O–H groups in total. The highest BCUT2D eigenvalue weighted by Crippen LogP contribution is 2.36. The molecule has 0 aliphatic carbocycles. The van der Waals surface area contributed by atoms with Crippen molar-refractivity contribution < 1.29 is 13.9 Å². The second kappa shape index (κ2) is 56.1. The minimum absolute atomic E-state index is 0.0278. The molecule has 2 nitrogen and oxygen atoms in total. The van der Waals surface area contributed by atoms with Crippen molar-refractivity contribution in [3.63, 3.8) is 0 Å². The fourth-order valence-corrected chi connectivity index (χ4v) is 4.56. The SMILES string of the molecule is CC(C)(C)C.CC(C)(C)C(C)(C)C.CC(C)(C)Cl.CC(C)(C)F.CC(C)C(C)(C)C.CCC(C)(C)C.CCCC(C)(C)C.CCCCC(C)(C)C.CCCCCCCCCCCCCCCC(C)(C)C.CCOC(C)(C)C.COC(C)(C)C.